The molecule has 66 valence electrons. The Morgan fingerprint density at radius 2 is 1.00 bits per heavy atom. The lowest BCUT2D eigenvalue weighted by Gasteiger charge is -1.72. The van der Waals surface area contributed by atoms with E-state index in [-0.39, 0.29) is 12.4 Å². The van der Waals surface area contributed by atoms with Crippen LogP contribution < -0.4 is 0 Å². The summed E-state index contributed by atoms with van der Waals surface area (Å²) < 4.78 is 0. The van der Waals surface area contributed by atoms with Gasteiger partial charge in [0.25, 0.3) is 5.97 Å². The van der Waals surface area contributed by atoms with Gasteiger partial charge in [0.15, 0.2) is 0 Å². The third kappa shape index (κ3) is 53.6. The van der Waals surface area contributed by atoms with E-state index in [0.29, 0.717) is 0 Å². The first-order chi connectivity index (χ1) is 4.37. The van der Waals surface area contributed by atoms with Crippen LogP contribution in [0.4, 0.5) is 0 Å². The minimum atomic E-state index is -1.82. The molecule has 11 heavy (non-hydrogen) atoms. The Hall–Kier alpha value is -1.30. The highest BCUT2D eigenvalue weighted by Crippen LogP contribution is 1.56. The number of hydrogen-bond acceptors (Lipinski definition) is 3. The molecule has 0 spiro atoms. The van der Waals surface area contributed by atoms with Crippen molar-refractivity contribution >= 4 is 30.3 Å². The van der Waals surface area contributed by atoms with Gasteiger partial charge in [0, 0.05) is 6.92 Å². The number of carboxylic acid groups (broad SMARTS) is 3. The molecular formula is C4H7ClO6. The van der Waals surface area contributed by atoms with Gasteiger partial charge in [0.05, 0.1) is 0 Å². The van der Waals surface area contributed by atoms with Crippen LogP contribution in [0.2, 0.25) is 0 Å². The van der Waals surface area contributed by atoms with Crippen molar-refractivity contribution in [3.05, 3.63) is 0 Å². The second-order valence-electron chi connectivity index (χ2n) is 1.13. The number of carboxylic acids is 3. The Kier molecular flexibility index (Phi) is 12.9. The summed E-state index contributed by atoms with van der Waals surface area (Å²) >= 11 is 0. The first kappa shape index (κ1) is 16.4. The Labute approximate surface area is 67.9 Å². The predicted molar refractivity (Wildman–Crippen MR) is 35.8 cm³/mol. The van der Waals surface area contributed by atoms with E-state index in [9.17, 15) is 0 Å². The zero-order valence-electron chi connectivity index (χ0n) is 5.47. The van der Waals surface area contributed by atoms with Crippen molar-refractivity contribution in [2.45, 2.75) is 6.92 Å². The molecule has 0 unspecified atom stereocenters. The molecule has 3 N–H and O–H groups in total. The highest BCUT2D eigenvalue weighted by Gasteiger charge is 2.04. The van der Waals surface area contributed by atoms with E-state index in [2.05, 4.69) is 0 Å². The molecule has 6 nitrogen and oxygen atoms in total. The van der Waals surface area contributed by atoms with Crippen LogP contribution in [0, 0.1) is 0 Å². The number of halogens is 1. The third-order valence-electron chi connectivity index (χ3n) is 0.183. The summed E-state index contributed by atoms with van der Waals surface area (Å²) in [7, 11) is 0. The fourth-order valence-corrected chi connectivity index (χ4v) is 0. The molecule has 0 aliphatic heterocycles. The molecule has 0 radical (unpaired) electrons. The Balaban J connectivity index is -0.000000114. The summed E-state index contributed by atoms with van der Waals surface area (Å²) in [6.45, 7) is 1.08. The van der Waals surface area contributed by atoms with Crippen LogP contribution in [0.3, 0.4) is 0 Å². The largest absolute Gasteiger partial charge is 0.481 e. The molecule has 0 saturated carbocycles. The minimum Gasteiger partial charge on any atom is -0.481 e. The van der Waals surface area contributed by atoms with Crippen LogP contribution in [0.25, 0.3) is 0 Å². The van der Waals surface area contributed by atoms with Gasteiger partial charge in [-0.05, 0) is 0 Å². The van der Waals surface area contributed by atoms with E-state index in [0.717, 1.165) is 6.92 Å². The standard InChI is InChI=1S/C2H2O4.C2H4O2.ClH/c3-1(4)2(5)6;1-2(3)4;/h(H,3,4)(H,5,6);1H3,(H,3,4);1H. The van der Waals surface area contributed by atoms with Crippen LogP contribution in [-0.2, 0) is 14.4 Å². The third-order valence-corrected chi connectivity index (χ3v) is 0.183. The monoisotopic (exact) mass is 186 g/mol. The average molecular weight is 187 g/mol. The van der Waals surface area contributed by atoms with Crippen LogP contribution in [-0.4, -0.2) is 33.2 Å². The SMILES string of the molecule is CC(=O)O.Cl.O=C(O)C(=O)O. The van der Waals surface area contributed by atoms with Gasteiger partial charge in [0.1, 0.15) is 0 Å². The minimum absolute atomic E-state index is 0. The summed E-state index contributed by atoms with van der Waals surface area (Å²) in [5.41, 5.74) is 0. The number of hydrogen-bond donors (Lipinski definition) is 3. The summed E-state index contributed by atoms with van der Waals surface area (Å²) in [5, 5.41) is 22.2. The summed E-state index contributed by atoms with van der Waals surface area (Å²) in [4.78, 5) is 27.2. The van der Waals surface area contributed by atoms with E-state index in [4.69, 9.17) is 29.7 Å². The molecule has 0 fully saturated rings. The highest BCUT2D eigenvalue weighted by atomic mass is 35.5. The van der Waals surface area contributed by atoms with Gasteiger partial charge in [0.2, 0.25) is 0 Å². The topological polar surface area (TPSA) is 112 Å². The Morgan fingerprint density at radius 3 is 1.00 bits per heavy atom. The van der Waals surface area contributed by atoms with Crippen molar-refractivity contribution < 1.29 is 29.7 Å². The lowest BCUT2D eigenvalue weighted by molar-refractivity contribution is -0.159. The zero-order chi connectivity index (χ0) is 8.73. The summed E-state index contributed by atoms with van der Waals surface area (Å²) in [5.74, 6) is -4.48. The number of aliphatic carboxylic acids is 3. The van der Waals surface area contributed by atoms with Crippen molar-refractivity contribution in [1.82, 2.24) is 0 Å². The van der Waals surface area contributed by atoms with E-state index in [1.807, 2.05) is 0 Å². The lowest BCUT2D eigenvalue weighted by Crippen LogP contribution is -2.09. The maximum Gasteiger partial charge on any atom is 0.414 e. The molecule has 0 aromatic heterocycles. The van der Waals surface area contributed by atoms with Gasteiger partial charge in [-0.3, -0.25) is 4.79 Å². The molecule has 0 saturated heterocycles. The van der Waals surface area contributed by atoms with E-state index >= 15 is 0 Å². The molecule has 0 aliphatic carbocycles. The normalized spacial score (nSPS) is 6.27. The predicted octanol–water partition coefficient (Wildman–Crippen LogP) is -0.332. The fourth-order valence-electron chi connectivity index (χ4n) is 0. The van der Waals surface area contributed by atoms with E-state index < -0.39 is 17.9 Å². The van der Waals surface area contributed by atoms with Crippen molar-refractivity contribution in [3.8, 4) is 0 Å². The number of carbonyl (C=O) groups is 3. The van der Waals surface area contributed by atoms with Crippen LogP contribution in [0.15, 0.2) is 0 Å². The summed E-state index contributed by atoms with van der Waals surface area (Å²) in [6, 6.07) is 0. The molecule has 0 heterocycles. The second kappa shape index (κ2) is 8.70. The average Bonchev–Trinajstić information content (AvgIpc) is 1.63. The Bertz CT molecular complexity index is 137. The molecular weight excluding hydrogens is 179 g/mol. The molecule has 0 aliphatic rings. The molecule has 0 aromatic rings. The van der Waals surface area contributed by atoms with Crippen LogP contribution in [0.1, 0.15) is 6.92 Å². The quantitative estimate of drug-likeness (QED) is 0.447. The zero-order valence-corrected chi connectivity index (χ0v) is 6.29. The lowest BCUT2D eigenvalue weighted by atomic mass is 10.7. The van der Waals surface area contributed by atoms with Crippen molar-refractivity contribution in [3.63, 3.8) is 0 Å². The van der Waals surface area contributed by atoms with Crippen LogP contribution >= 0.6 is 12.4 Å². The molecule has 0 amide bonds. The molecule has 7 heteroatoms. The molecule has 0 aromatic carbocycles. The van der Waals surface area contributed by atoms with Crippen molar-refractivity contribution in [2.24, 2.45) is 0 Å². The van der Waals surface area contributed by atoms with Crippen LogP contribution in [0.5, 0.6) is 0 Å². The highest BCUT2D eigenvalue weighted by molar-refractivity contribution is 6.27. The summed E-state index contributed by atoms with van der Waals surface area (Å²) in [6.07, 6.45) is 0. The van der Waals surface area contributed by atoms with Gasteiger partial charge in [-0.25, -0.2) is 9.59 Å². The van der Waals surface area contributed by atoms with Gasteiger partial charge < -0.3 is 15.3 Å². The van der Waals surface area contributed by atoms with E-state index in [1.165, 1.54) is 0 Å². The second-order valence-corrected chi connectivity index (χ2v) is 1.13. The first-order valence-corrected chi connectivity index (χ1v) is 2.03. The maximum absolute atomic E-state index is 9.10. The maximum atomic E-state index is 9.10. The van der Waals surface area contributed by atoms with Gasteiger partial charge in [-0.2, -0.15) is 0 Å². The molecule has 0 bridgehead atoms. The number of rotatable bonds is 0. The first-order valence-electron chi connectivity index (χ1n) is 2.03. The van der Waals surface area contributed by atoms with Gasteiger partial charge >= 0.3 is 11.9 Å². The van der Waals surface area contributed by atoms with E-state index in [1.54, 1.807) is 0 Å². The Morgan fingerprint density at radius 1 is 0.909 bits per heavy atom. The van der Waals surface area contributed by atoms with Crippen molar-refractivity contribution in [2.75, 3.05) is 0 Å². The van der Waals surface area contributed by atoms with Crippen molar-refractivity contribution in [1.29, 1.82) is 0 Å². The smallest absolute Gasteiger partial charge is 0.414 e. The molecule has 0 rings (SSSR count). The fraction of sp³-hybridized carbons (Fsp3) is 0.250. The van der Waals surface area contributed by atoms with Gasteiger partial charge in [-0.15, -0.1) is 12.4 Å². The van der Waals surface area contributed by atoms with Gasteiger partial charge in [-0.1, -0.05) is 0 Å². The molecule has 0 atom stereocenters.